The number of nitrogens with zero attached hydrogens (tertiary/aromatic N) is 4. The Balaban J connectivity index is 1.56. The molecule has 1 fully saturated rings. The van der Waals surface area contributed by atoms with Gasteiger partial charge < -0.3 is 4.90 Å². The Hall–Kier alpha value is -3.07. The molecule has 6 heteroatoms. The van der Waals surface area contributed by atoms with Crippen LogP contribution in [0.15, 0.2) is 24.3 Å². The summed E-state index contributed by atoms with van der Waals surface area (Å²) in [5.74, 6) is -1.25. The van der Waals surface area contributed by atoms with Crippen LogP contribution >= 0.6 is 0 Å². The van der Waals surface area contributed by atoms with Crippen molar-refractivity contribution >= 4 is 17.4 Å². The van der Waals surface area contributed by atoms with Crippen molar-refractivity contribution in [2.24, 2.45) is 5.92 Å². The van der Waals surface area contributed by atoms with Crippen LogP contribution in [0.5, 0.6) is 0 Å². The Morgan fingerprint density at radius 2 is 2.00 bits per heavy atom. The Kier molecular flexibility index (Phi) is 4.68. The number of hydrogen-bond donors (Lipinski definition) is 0. The van der Waals surface area contributed by atoms with E-state index in [9.17, 15) is 14.9 Å². The summed E-state index contributed by atoms with van der Waals surface area (Å²) < 4.78 is 0. The number of Topliss-reactive ketones (excluding diaryl/α,β-unsaturated/α-hetero) is 1. The van der Waals surface area contributed by atoms with Crippen LogP contribution < -0.4 is 4.90 Å². The molecule has 1 aromatic heterocycles. The van der Waals surface area contributed by atoms with Crippen molar-refractivity contribution in [3.63, 3.8) is 0 Å². The van der Waals surface area contributed by atoms with Crippen LogP contribution in [-0.2, 0) is 22.4 Å². The molecule has 4 rings (SSSR count). The van der Waals surface area contributed by atoms with Crippen molar-refractivity contribution in [3.8, 4) is 6.07 Å². The fourth-order valence-electron chi connectivity index (χ4n) is 4.28. The molecule has 0 N–H and O–H groups in total. The number of aryl methyl sites for hydroxylation is 4. The summed E-state index contributed by atoms with van der Waals surface area (Å²) in [5, 5.41) is 9.62. The fourth-order valence-corrected chi connectivity index (χ4v) is 4.28. The van der Waals surface area contributed by atoms with Gasteiger partial charge in [-0.3, -0.25) is 9.59 Å². The molecule has 6 nitrogen and oxygen atoms in total. The number of nitriles is 1. The van der Waals surface area contributed by atoms with Gasteiger partial charge in [-0.1, -0.05) is 6.07 Å². The van der Waals surface area contributed by atoms with Gasteiger partial charge in [0.15, 0.2) is 5.78 Å². The second-order valence-corrected chi connectivity index (χ2v) is 7.66. The number of aromatic nitrogens is 2. The van der Waals surface area contributed by atoms with Crippen molar-refractivity contribution in [1.29, 1.82) is 5.26 Å². The molecular weight excluding hydrogens is 352 g/mol. The Labute approximate surface area is 164 Å². The van der Waals surface area contributed by atoms with Gasteiger partial charge in [0.1, 0.15) is 11.7 Å². The van der Waals surface area contributed by atoms with Crippen molar-refractivity contribution in [3.05, 3.63) is 52.6 Å². The molecule has 1 aliphatic heterocycles. The maximum absolute atomic E-state index is 13.0. The summed E-state index contributed by atoms with van der Waals surface area (Å²) in [7, 11) is 0. The number of hydrogen-bond acceptors (Lipinski definition) is 5. The lowest BCUT2D eigenvalue weighted by Gasteiger charge is -2.18. The van der Waals surface area contributed by atoms with Crippen molar-refractivity contribution in [2.45, 2.75) is 45.4 Å². The number of amides is 1. The molecule has 28 heavy (non-hydrogen) atoms. The van der Waals surface area contributed by atoms with E-state index in [4.69, 9.17) is 0 Å². The van der Waals surface area contributed by atoms with Gasteiger partial charge in [0, 0.05) is 30.3 Å². The third-order valence-electron chi connectivity index (χ3n) is 5.62. The molecule has 2 heterocycles. The summed E-state index contributed by atoms with van der Waals surface area (Å²) in [6, 6.07) is 9.89. The summed E-state index contributed by atoms with van der Waals surface area (Å²) in [4.78, 5) is 35.8. The monoisotopic (exact) mass is 374 g/mol. The van der Waals surface area contributed by atoms with Gasteiger partial charge in [-0.2, -0.15) is 5.26 Å². The molecule has 0 radical (unpaired) electrons. The first-order valence-corrected chi connectivity index (χ1v) is 9.64. The average Bonchev–Trinajstić information content (AvgIpc) is 3.27. The van der Waals surface area contributed by atoms with E-state index in [1.165, 1.54) is 11.1 Å². The summed E-state index contributed by atoms with van der Waals surface area (Å²) >= 11 is 0. The first-order chi connectivity index (χ1) is 13.5. The summed E-state index contributed by atoms with van der Waals surface area (Å²) in [6.45, 7) is 3.87. The van der Waals surface area contributed by atoms with E-state index in [-0.39, 0.29) is 18.1 Å². The maximum Gasteiger partial charge on any atom is 0.227 e. The van der Waals surface area contributed by atoms with E-state index < -0.39 is 11.8 Å². The standard InChI is InChI=1S/C22H22N4O2/c1-13-8-20(25-14(2)24-13)19(11-23)22(28)17-10-21(27)26(12-17)18-7-6-15-4-3-5-16(15)9-18/h6-9,17,19H,3-5,10,12H2,1-2H3. The lowest BCUT2D eigenvalue weighted by molar-refractivity contribution is -0.124. The SMILES string of the molecule is Cc1cc(C(C#N)C(=O)C2CC(=O)N(c3ccc4c(c3)CCC4)C2)nc(C)n1. The molecule has 1 aliphatic carbocycles. The number of ketones is 1. The Morgan fingerprint density at radius 1 is 1.21 bits per heavy atom. The number of benzene rings is 1. The highest BCUT2D eigenvalue weighted by Gasteiger charge is 2.39. The lowest BCUT2D eigenvalue weighted by atomic mass is 9.90. The molecule has 0 saturated carbocycles. The smallest absolute Gasteiger partial charge is 0.227 e. The second-order valence-electron chi connectivity index (χ2n) is 7.66. The van der Waals surface area contributed by atoms with Crippen LogP contribution in [0.4, 0.5) is 5.69 Å². The Morgan fingerprint density at radius 3 is 2.75 bits per heavy atom. The van der Waals surface area contributed by atoms with E-state index >= 15 is 0 Å². The first kappa shape index (κ1) is 18.3. The number of carbonyl (C=O) groups is 2. The first-order valence-electron chi connectivity index (χ1n) is 9.64. The zero-order valence-electron chi connectivity index (χ0n) is 16.1. The van der Waals surface area contributed by atoms with Crippen molar-refractivity contribution < 1.29 is 9.59 Å². The third-order valence-corrected chi connectivity index (χ3v) is 5.62. The largest absolute Gasteiger partial charge is 0.312 e. The third kappa shape index (κ3) is 3.29. The van der Waals surface area contributed by atoms with Crippen LogP contribution in [0, 0.1) is 31.1 Å². The number of rotatable bonds is 4. The summed E-state index contributed by atoms with van der Waals surface area (Å²) in [5.41, 5.74) is 4.63. The van der Waals surface area contributed by atoms with Crippen LogP contribution in [0.3, 0.4) is 0 Å². The van der Waals surface area contributed by atoms with Crippen molar-refractivity contribution in [1.82, 2.24) is 9.97 Å². The van der Waals surface area contributed by atoms with Gasteiger partial charge >= 0.3 is 0 Å². The fraction of sp³-hybridized carbons (Fsp3) is 0.409. The van der Waals surface area contributed by atoms with Gasteiger partial charge in [0.2, 0.25) is 5.91 Å². The zero-order valence-corrected chi connectivity index (χ0v) is 16.1. The van der Waals surface area contributed by atoms with E-state index in [2.05, 4.69) is 28.2 Å². The molecule has 2 unspecified atom stereocenters. The number of fused-ring (bicyclic) bond motifs is 1. The molecule has 0 bridgehead atoms. The van der Waals surface area contributed by atoms with Crippen LogP contribution in [0.2, 0.25) is 0 Å². The minimum absolute atomic E-state index is 0.0666. The van der Waals surface area contributed by atoms with Crippen LogP contribution in [-0.4, -0.2) is 28.2 Å². The van der Waals surface area contributed by atoms with Crippen LogP contribution in [0.1, 0.15) is 47.1 Å². The molecule has 1 saturated heterocycles. The van der Waals surface area contributed by atoms with E-state index in [0.717, 1.165) is 30.6 Å². The minimum Gasteiger partial charge on any atom is -0.312 e. The van der Waals surface area contributed by atoms with Gasteiger partial charge in [-0.25, -0.2) is 9.97 Å². The predicted molar refractivity (Wildman–Crippen MR) is 104 cm³/mol. The van der Waals surface area contributed by atoms with Gasteiger partial charge in [-0.05, 0) is 62.4 Å². The minimum atomic E-state index is -0.974. The normalized spacial score (nSPS) is 19.4. The van der Waals surface area contributed by atoms with E-state index in [0.29, 0.717) is 18.1 Å². The number of carbonyl (C=O) groups excluding carboxylic acids is 2. The maximum atomic E-state index is 13.0. The summed E-state index contributed by atoms with van der Waals surface area (Å²) in [6.07, 6.45) is 3.41. The van der Waals surface area contributed by atoms with Gasteiger partial charge in [0.05, 0.1) is 11.8 Å². The Bertz CT molecular complexity index is 988. The average molecular weight is 374 g/mol. The topological polar surface area (TPSA) is 87.0 Å². The highest BCUT2D eigenvalue weighted by Crippen LogP contribution is 2.32. The van der Waals surface area contributed by atoms with Gasteiger partial charge in [0.25, 0.3) is 0 Å². The molecule has 0 spiro atoms. The molecular formula is C22H22N4O2. The molecule has 1 amide bonds. The molecule has 2 aromatic rings. The second kappa shape index (κ2) is 7.16. The quantitative estimate of drug-likeness (QED) is 0.821. The molecule has 1 aromatic carbocycles. The predicted octanol–water partition coefficient (Wildman–Crippen LogP) is 2.81. The highest BCUT2D eigenvalue weighted by molar-refractivity contribution is 6.02. The van der Waals surface area contributed by atoms with E-state index in [1.807, 2.05) is 13.0 Å². The lowest BCUT2D eigenvalue weighted by Crippen LogP contribution is -2.28. The zero-order chi connectivity index (χ0) is 19.8. The van der Waals surface area contributed by atoms with Crippen molar-refractivity contribution in [2.75, 3.05) is 11.4 Å². The highest BCUT2D eigenvalue weighted by atomic mass is 16.2. The molecule has 2 aliphatic rings. The molecule has 2 atom stereocenters. The van der Waals surface area contributed by atoms with Gasteiger partial charge in [-0.15, -0.1) is 0 Å². The van der Waals surface area contributed by atoms with E-state index in [1.54, 1.807) is 17.9 Å². The molecule has 142 valence electrons. The number of anilines is 1. The van der Waals surface area contributed by atoms with Crippen LogP contribution in [0.25, 0.3) is 0 Å².